The number of nitriles is 1. The molecule has 1 aromatic carbocycles. The highest BCUT2D eigenvalue weighted by molar-refractivity contribution is 5.50. The van der Waals surface area contributed by atoms with Crippen molar-refractivity contribution in [3.8, 4) is 11.8 Å². The largest absolute Gasteiger partial charge is 0.418 e. The molecule has 2 aromatic rings. The van der Waals surface area contributed by atoms with E-state index in [1.807, 2.05) is 0 Å². The topological polar surface area (TPSA) is 49.0 Å². The summed E-state index contributed by atoms with van der Waals surface area (Å²) in [6.45, 7) is 2.30. The molecule has 1 aliphatic carbocycles. The van der Waals surface area contributed by atoms with Gasteiger partial charge < -0.3 is 9.67 Å². The number of halogens is 6. The SMILES string of the molecule is CC1(C)Cc2c(c(C(F)(F)F)cn2-c2ccc(F)c(C#N)c2)C(O)C1(F)F. The Balaban J connectivity index is 2.33. The smallest absolute Gasteiger partial charge is 0.382 e. The maximum Gasteiger partial charge on any atom is 0.418 e. The molecular weight excluding hydrogens is 374 g/mol. The molecule has 9 heteroatoms. The minimum atomic E-state index is -4.98. The molecule has 0 bridgehead atoms. The summed E-state index contributed by atoms with van der Waals surface area (Å²) in [7, 11) is 0. The summed E-state index contributed by atoms with van der Waals surface area (Å²) in [5, 5.41) is 19.0. The van der Waals surface area contributed by atoms with Gasteiger partial charge in [0, 0.05) is 28.6 Å². The van der Waals surface area contributed by atoms with Crippen LogP contribution in [0.1, 0.15) is 42.3 Å². The number of hydrogen-bond donors (Lipinski definition) is 1. The molecule has 1 N–H and O–H groups in total. The van der Waals surface area contributed by atoms with Crippen LogP contribution in [0, 0.1) is 22.6 Å². The van der Waals surface area contributed by atoms with E-state index in [4.69, 9.17) is 5.26 Å². The molecule has 0 aliphatic heterocycles. The van der Waals surface area contributed by atoms with E-state index in [-0.39, 0.29) is 11.4 Å². The van der Waals surface area contributed by atoms with Crippen molar-refractivity contribution in [1.82, 2.24) is 4.57 Å². The number of aliphatic hydroxyl groups excluding tert-OH is 1. The average molecular weight is 388 g/mol. The second kappa shape index (κ2) is 5.76. The van der Waals surface area contributed by atoms with Gasteiger partial charge in [0.05, 0.1) is 11.1 Å². The predicted molar refractivity (Wildman–Crippen MR) is 82.8 cm³/mol. The van der Waals surface area contributed by atoms with E-state index >= 15 is 0 Å². The summed E-state index contributed by atoms with van der Waals surface area (Å²) in [6, 6.07) is 4.66. The fraction of sp³-hybridized carbons (Fsp3) is 0.389. The molecule has 0 radical (unpaired) electrons. The number of nitrogens with zero attached hydrogens (tertiary/aromatic N) is 2. The normalized spacial score (nSPS) is 20.8. The van der Waals surface area contributed by atoms with Crippen LogP contribution < -0.4 is 0 Å². The maximum atomic E-state index is 14.5. The summed E-state index contributed by atoms with van der Waals surface area (Å²) in [5.41, 5.74) is -4.65. The Hall–Kier alpha value is -2.47. The second-order valence-electron chi connectivity index (χ2n) is 7.13. The van der Waals surface area contributed by atoms with Crippen LogP contribution in [-0.4, -0.2) is 15.6 Å². The van der Waals surface area contributed by atoms with Crippen LogP contribution in [0.25, 0.3) is 5.69 Å². The lowest BCUT2D eigenvalue weighted by Crippen LogP contribution is -2.47. The number of alkyl halides is 5. The number of aromatic nitrogens is 1. The Morgan fingerprint density at radius 3 is 2.44 bits per heavy atom. The van der Waals surface area contributed by atoms with Crippen LogP contribution in [0.4, 0.5) is 26.3 Å². The van der Waals surface area contributed by atoms with Gasteiger partial charge >= 0.3 is 6.18 Å². The molecule has 1 aliphatic rings. The molecule has 0 amide bonds. The van der Waals surface area contributed by atoms with Gasteiger partial charge in [-0.2, -0.15) is 18.4 Å². The van der Waals surface area contributed by atoms with Gasteiger partial charge in [0.2, 0.25) is 0 Å². The van der Waals surface area contributed by atoms with Gasteiger partial charge in [0.25, 0.3) is 5.92 Å². The molecule has 0 saturated carbocycles. The molecule has 27 heavy (non-hydrogen) atoms. The van der Waals surface area contributed by atoms with Crippen molar-refractivity contribution in [3.63, 3.8) is 0 Å². The van der Waals surface area contributed by atoms with Gasteiger partial charge in [-0.15, -0.1) is 0 Å². The third-order valence-electron chi connectivity index (χ3n) is 4.93. The molecule has 1 atom stereocenters. The molecule has 0 spiro atoms. The highest BCUT2D eigenvalue weighted by Gasteiger charge is 2.59. The summed E-state index contributed by atoms with van der Waals surface area (Å²) in [5.74, 6) is -4.64. The van der Waals surface area contributed by atoms with Gasteiger partial charge in [0.1, 0.15) is 18.0 Å². The number of aliphatic hydroxyl groups is 1. The summed E-state index contributed by atoms with van der Waals surface area (Å²) in [4.78, 5) is 0. The van der Waals surface area contributed by atoms with Crippen molar-refractivity contribution < 1.29 is 31.4 Å². The lowest BCUT2D eigenvalue weighted by molar-refractivity contribution is -0.195. The van der Waals surface area contributed by atoms with Crippen molar-refractivity contribution in [3.05, 3.63) is 52.6 Å². The third-order valence-corrected chi connectivity index (χ3v) is 4.93. The van der Waals surface area contributed by atoms with Gasteiger partial charge in [-0.25, -0.2) is 13.2 Å². The molecule has 1 aromatic heterocycles. The molecule has 144 valence electrons. The first-order chi connectivity index (χ1) is 12.3. The zero-order valence-electron chi connectivity index (χ0n) is 14.2. The maximum absolute atomic E-state index is 14.5. The van der Waals surface area contributed by atoms with E-state index in [0.29, 0.717) is 6.20 Å². The predicted octanol–water partition coefficient (Wildman–Crippen LogP) is 4.76. The van der Waals surface area contributed by atoms with Crippen LogP contribution in [0.3, 0.4) is 0 Å². The van der Waals surface area contributed by atoms with Crippen molar-refractivity contribution in [2.75, 3.05) is 0 Å². The van der Waals surface area contributed by atoms with Gasteiger partial charge in [-0.3, -0.25) is 0 Å². The summed E-state index contributed by atoms with van der Waals surface area (Å²) >= 11 is 0. The Labute approximate surface area is 150 Å². The van der Waals surface area contributed by atoms with Crippen LogP contribution in [0.2, 0.25) is 0 Å². The van der Waals surface area contributed by atoms with E-state index in [2.05, 4.69) is 0 Å². The lowest BCUT2D eigenvalue weighted by atomic mass is 9.71. The first-order valence-corrected chi connectivity index (χ1v) is 7.88. The minimum absolute atomic E-state index is 0.00733. The zero-order valence-corrected chi connectivity index (χ0v) is 14.2. The van der Waals surface area contributed by atoms with E-state index in [1.165, 1.54) is 0 Å². The Morgan fingerprint density at radius 2 is 1.89 bits per heavy atom. The van der Waals surface area contributed by atoms with Crippen LogP contribution in [0.5, 0.6) is 0 Å². The van der Waals surface area contributed by atoms with E-state index < -0.39 is 52.5 Å². The van der Waals surface area contributed by atoms with Crippen molar-refractivity contribution in [1.29, 1.82) is 5.26 Å². The Morgan fingerprint density at radius 1 is 1.26 bits per heavy atom. The number of benzene rings is 1. The number of rotatable bonds is 1. The quantitative estimate of drug-likeness (QED) is 0.717. The van der Waals surface area contributed by atoms with Crippen molar-refractivity contribution >= 4 is 0 Å². The standard InChI is InChI=1S/C18H14F6N2O/c1-16(2)6-13-14(15(27)17(16,20)21)11(18(22,23)24)8-26(13)10-3-4-12(19)9(5-10)7-25/h3-5,8,15,27H,6H2,1-2H3. The highest BCUT2D eigenvalue weighted by atomic mass is 19.4. The van der Waals surface area contributed by atoms with E-state index in [9.17, 15) is 31.4 Å². The van der Waals surface area contributed by atoms with Gasteiger partial charge in [-0.05, 0) is 24.6 Å². The summed E-state index contributed by atoms with van der Waals surface area (Å²) < 4.78 is 83.9. The highest BCUT2D eigenvalue weighted by Crippen LogP contribution is 2.55. The van der Waals surface area contributed by atoms with Crippen LogP contribution in [-0.2, 0) is 12.6 Å². The fourth-order valence-electron chi connectivity index (χ4n) is 3.34. The van der Waals surface area contributed by atoms with Crippen molar-refractivity contribution in [2.45, 2.75) is 38.5 Å². The fourth-order valence-corrected chi connectivity index (χ4v) is 3.34. The molecule has 3 nitrogen and oxygen atoms in total. The molecule has 0 saturated heterocycles. The first-order valence-electron chi connectivity index (χ1n) is 7.88. The van der Waals surface area contributed by atoms with Crippen molar-refractivity contribution in [2.24, 2.45) is 5.41 Å². The molecular formula is C18H14F6N2O. The number of fused-ring (bicyclic) bond motifs is 1. The van der Waals surface area contributed by atoms with Gasteiger partial charge in [0.15, 0.2) is 0 Å². The van der Waals surface area contributed by atoms with Crippen LogP contribution >= 0.6 is 0 Å². The second-order valence-corrected chi connectivity index (χ2v) is 7.13. The minimum Gasteiger partial charge on any atom is -0.382 e. The van der Waals surface area contributed by atoms with Crippen LogP contribution in [0.15, 0.2) is 24.4 Å². The monoisotopic (exact) mass is 388 g/mol. The molecule has 0 fully saturated rings. The molecule has 1 unspecified atom stereocenters. The molecule has 1 heterocycles. The Kier molecular flexibility index (Phi) is 4.12. The first kappa shape index (κ1) is 19.3. The number of hydrogen-bond acceptors (Lipinski definition) is 2. The van der Waals surface area contributed by atoms with Gasteiger partial charge in [-0.1, -0.05) is 13.8 Å². The molecule has 3 rings (SSSR count). The summed E-state index contributed by atoms with van der Waals surface area (Å²) in [6.07, 6.45) is -7.49. The average Bonchev–Trinajstić information content (AvgIpc) is 2.92. The lowest BCUT2D eigenvalue weighted by Gasteiger charge is -2.42. The zero-order chi connectivity index (χ0) is 20.4. The van der Waals surface area contributed by atoms with E-state index in [0.717, 1.165) is 36.6 Å². The van der Waals surface area contributed by atoms with E-state index in [1.54, 1.807) is 6.07 Å². The Bertz CT molecular complexity index is 952. The third kappa shape index (κ3) is 2.79.